The van der Waals surface area contributed by atoms with Crippen molar-refractivity contribution in [1.82, 2.24) is 10.6 Å². The zero-order chi connectivity index (χ0) is 17.1. The molecule has 0 heterocycles. The number of nitrogens with zero attached hydrogens (tertiary/aromatic N) is 1. The molecule has 1 rings (SSSR count). The summed E-state index contributed by atoms with van der Waals surface area (Å²) in [6, 6.07) is 5.24. The lowest BCUT2D eigenvalue weighted by atomic mass is 10.1. The van der Waals surface area contributed by atoms with Gasteiger partial charge in [0.15, 0.2) is 5.96 Å². The summed E-state index contributed by atoms with van der Waals surface area (Å²) in [5.74, 6) is 0.704. The number of aliphatic imine (C=N–C) groups is 1. The van der Waals surface area contributed by atoms with E-state index in [1.165, 1.54) is 12.1 Å². The monoisotopic (exact) mass is 459 g/mol. The molecule has 8 heteroatoms. The van der Waals surface area contributed by atoms with E-state index in [-0.39, 0.29) is 24.0 Å². The highest BCUT2D eigenvalue weighted by Crippen LogP contribution is 2.29. The van der Waals surface area contributed by atoms with E-state index >= 15 is 0 Å². The molecule has 4 nitrogen and oxygen atoms in total. The SMILES string of the molecule is CCNC(=NCCCOC)NCCc1ccc(C(F)(F)F)cc1.I. The fourth-order valence-corrected chi connectivity index (χ4v) is 1.93. The van der Waals surface area contributed by atoms with Crippen molar-refractivity contribution in [2.45, 2.75) is 25.9 Å². The van der Waals surface area contributed by atoms with Crippen molar-refractivity contribution in [3.05, 3.63) is 35.4 Å². The maximum absolute atomic E-state index is 12.5. The van der Waals surface area contributed by atoms with Crippen LogP contribution in [0, 0.1) is 0 Å². The predicted octanol–water partition coefficient (Wildman–Crippen LogP) is 3.46. The molecule has 1 aromatic carbocycles. The van der Waals surface area contributed by atoms with Gasteiger partial charge in [0.1, 0.15) is 0 Å². The van der Waals surface area contributed by atoms with Crippen molar-refractivity contribution in [1.29, 1.82) is 0 Å². The molecule has 0 atom stereocenters. The van der Waals surface area contributed by atoms with Crippen molar-refractivity contribution >= 4 is 29.9 Å². The predicted molar refractivity (Wildman–Crippen MR) is 101 cm³/mol. The maximum atomic E-state index is 12.5. The molecule has 0 amide bonds. The van der Waals surface area contributed by atoms with Crippen LogP contribution in [0.15, 0.2) is 29.3 Å². The normalized spacial score (nSPS) is 11.8. The van der Waals surface area contributed by atoms with E-state index in [0.717, 1.165) is 30.7 Å². The number of methoxy groups -OCH3 is 1. The Hall–Kier alpha value is -1.03. The van der Waals surface area contributed by atoms with Gasteiger partial charge in [-0.1, -0.05) is 12.1 Å². The van der Waals surface area contributed by atoms with Crippen molar-refractivity contribution in [3.8, 4) is 0 Å². The lowest BCUT2D eigenvalue weighted by Gasteiger charge is -2.12. The fourth-order valence-electron chi connectivity index (χ4n) is 1.93. The van der Waals surface area contributed by atoms with E-state index in [2.05, 4.69) is 15.6 Å². The second-order valence-corrected chi connectivity index (χ2v) is 4.98. The maximum Gasteiger partial charge on any atom is 0.416 e. The van der Waals surface area contributed by atoms with Crippen LogP contribution >= 0.6 is 24.0 Å². The lowest BCUT2D eigenvalue weighted by molar-refractivity contribution is -0.137. The fraction of sp³-hybridized carbons (Fsp3) is 0.562. The Labute approximate surface area is 158 Å². The third-order valence-electron chi connectivity index (χ3n) is 3.11. The molecular weight excluding hydrogens is 434 g/mol. The molecule has 0 aliphatic rings. The van der Waals surface area contributed by atoms with Crippen LogP contribution in [0.3, 0.4) is 0 Å². The van der Waals surface area contributed by atoms with Gasteiger partial charge < -0.3 is 15.4 Å². The van der Waals surface area contributed by atoms with Gasteiger partial charge in [0, 0.05) is 33.4 Å². The number of hydrogen-bond donors (Lipinski definition) is 2. The first-order chi connectivity index (χ1) is 11.0. The second kappa shape index (κ2) is 12.3. The van der Waals surface area contributed by atoms with Gasteiger partial charge in [-0.2, -0.15) is 13.2 Å². The molecule has 0 saturated carbocycles. The number of halogens is 4. The summed E-state index contributed by atoms with van der Waals surface area (Å²) in [6.45, 7) is 4.64. The zero-order valence-corrected chi connectivity index (χ0v) is 16.3. The number of alkyl halides is 3. The second-order valence-electron chi connectivity index (χ2n) is 4.98. The molecule has 0 unspecified atom stereocenters. The summed E-state index contributed by atoms with van der Waals surface area (Å²) < 4.78 is 42.4. The minimum absolute atomic E-state index is 0. The van der Waals surface area contributed by atoms with Crippen LogP contribution in [-0.2, 0) is 17.3 Å². The third-order valence-corrected chi connectivity index (χ3v) is 3.11. The van der Waals surface area contributed by atoms with Crippen LogP contribution in [-0.4, -0.2) is 39.3 Å². The van der Waals surface area contributed by atoms with E-state index in [4.69, 9.17) is 4.74 Å². The van der Waals surface area contributed by atoms with E-state index in [1.54, 1.807) is 7.11 Å². The summed E-state index contributed by atoms with van der Waals surface area (Å²) in [5.41, 5.74) is 0.225. The van der Waals surface area contributed by atoms with E-state index in [0.29, 0.717) is 32.1 Å². The first-order valence-corrected chi connectivity index (χ1v) is 7.64. The number of nitrogens with one attached hydrogen (secondary N) is 2. The minimum atomic E-state index is -4.29. The first-order valence-electron chi connectivity index (χ1n) is 7.64. The minimum Gasteiger partial charge on any atom is -0.385 e. The summed E-state index contributed by atoms with van der Waals surface area (Å²) in [6.07, 6.45) is -2.82. The molecule has 0 spiro atoms. The number of benzene rings is 1. The molecule has 0 bridgehead atoms. The molecule has 0 radical (unpaired) electrons. The Bertz CT molecular complexity index is 478. The molecule has 2 N–H and O–H groups in total. The van der Waals surface area contributed by atoms with Gasteiger partial charge in [-0.05, 0) is 37.5 Å². The smallest absolute Gasteiger partial charge is 0.385 e. The largest absolute Gasteiger partial charge is 0.416 e. The lowest BCUT2D eigenvalue weighted by Crippen LogP contribution is -2.38. The molecule has 24 heavy (non-hydrogen) atoms. The summed E-state index contributed by atoms with van der Waals surface area (Å²) in [5, 5.41) is 6.29. The Morgan fingerprint density at radius 3 is 2.38 bits per heavy atom. The van der Waals surface area contributed by atoms with Gasteiger partial charge in [0.05, 0.1) is 5.56 Å². The molecule has 0 aromatic heterocycles. The Morgan fingerprint density at radius 1 is 1.17 bits per heavy atom. The van der Waals surface area contributed by atoms with Crippen molar-refractivity contribution in [2.75, 3.05) is 33.4 Å². The quantitative estimate of drug-likeness (QED) is 0.271. The molecule has 0 fully saturated rings. The summed E-state index contributed by atoms with van der Waals surface area (Å²) in [4.78, 5) is 4.39. The van der Waals surface area contributed by atoms with Gasteiger partial charge in [-0.25, -0.2) is 0 Å². The average molecular weight is 459 g/mol. The molecule has 0 aliphatic heterocycles. The zero-order valence-electron chi connectivity index (χ0n) is 13.9. The first kappa shape index (κ1) is 23.0. The molecule has 0 aliphatic carbocycles. The van der Waals surface area contributed by atoms with Crippen molar-refractivity contribution in [2.24, 2.45) is 4.99 Å². The van der Waals surface area contributed by atoms with Gasteiger partial charge in [0.25, 0.3) is 0 Å². The molecule has 1 aromatic rings. The molecular formula is C16H25F3IN3O. The molecule has 0 saturated heterocycles. The number of ether oxygens (including phenoxy) is 1. The standard InChI is InChI=1S/C16H24F3N3O.HI/c1-3-20-15(21-10-4-12-23-2)22-11-9-13-5-7-14(8-6-13)16(17,18)19;/h5-8H,3-4,9-12H2,1-2H3,(H2,20,21,22);1H. The van der Waals surface area contributed by atoms with Gasteiger partial charge >= 0.3 is 6.18 Å². The van der Waals surface area contributed by atoms with Crippen LogP contribution in [0.5, 0.6) is 0 Å². The van der Waals surface area contributed by atoms with Crippen LogP contribution in [0.2, 0.25) is 0 Å². The number of guanidine groups is 1. The Balaban J connectivity index is 0.00000529. The summed E-state index contributed by atoms with van der Waals surface area (Å²) >= 11 is 0. The van der Waals surface area contributed by atoms with Crippen molar-refractivity contribution < 1.29 is 17.9 Å². The third kappa shape index (κ3) is 9.31. The topological polar surface area (TPSA) is 45.7 Å². The van der Waals surface area contributed by atoms with Gasteiger partial charge in [-0.3, -0.25) is 4.99 Å². The van der Waals surface area contributed by atoms with Gasteiger partial charge in [-0.15, -0.1) is 24.0 Å². The number of hydrogen-bond acceptors (Lipinski definition) is 2. The molecule has 138 valence electrons. The average Bonchev–Trinajstić information content (AvgIpc) is 2.51. The van der Waals surface area contributed by atoms with E-state index in [1.807, 2.05) is 6.92 Å². The highest BCUT2D eigenvalue weighted by molar-refractivity contribution is 14.0. The highest BCUT2D eigenvalue weighted by atomic mass is 127. The van der Waals surface area contributed by atoms with E-state index in [9.17, 15) is 13.2 Å². The van der Waals surface area contributed by atoms with Crippen molar-refractivity contribution in [3.63, 3.8) is 0 Å². The number of rotatable bonds is 8. The summed E-state index contributed by atoms with van der Waals surface area (Å²) in [7, 11) is 1.65. The van der Waals surface area contributed by atoms with E-state index < -0.39 is 11.7 Å². The van der Waals surface area contributed by atoms with Crippen LogP contribution in [0.25, 0.3) is 0 Å². The van der Waals surface area contributed by atoms with Crippen LogP contribution < -0.4 is 10.6 Å². The van der Waals surface area contributed by atoms with Crippen LogP contribution in [0.4, 0.5) is 13.2 Å². The highest BCUT2D eigenvalue weighted by Gasteiger charge is 2.29. The van der Waals surface area contributed by atoms with Gasteiger partial charge in [0.2, 0.25) is 0 Å². The Kier molecular flexibility index (Phi) is 11.8. The Morgan fingerprint density at radius 2 is 1.83 bits per heavy atom. The van der Waals surface area contributed by atoms with Crippen LogP contribution in [0.1, 0.15) is 24.5 Å².